The number of hydrogen-bond acceptors (Lipinski definition) is 3. The summed E-state index contributed by atoms with van der Waals surface area (Å²) >= 11 is 1.76. The van der Waals surface area contributed by atoms with Gasteiger partial charge in [0.05, 0.1) is 5.54 Å². The first-order chi connectivity index (χ1) is 9.70. The van der Waals surface area contributed by atoms with Gasteiger partial charge in [0.15, 0.2) is 0 Å². The van der Waals surface area contributed by atoms with Crippen molar-refractivity contribution in [2.45, 2.75) is 63.2 Å². The molecule has 1 saturated heterocycles. The molecule has 2 heterocycles. The third-order valence-electron chi connectivity index (χ3n) is 5.35. The molecule has 1 aliphatic heterocycles. The van der Waals surface area contributed by atoms with Gasteiger partial charge in [0.2, 0.25) is 5.91 Å². The van der Waals surface area contributed by atoms with E-state index in [1.807, 2.05) is 0 Å². The van der Waals surface area contributed by atoms with Crippen molar-refractivity contribution in [1.82, 2.24) is 10.2 Å². The van der Waals surface area contributed by atoms with Crippen LogP contribution in [0.4, 0.5) is 0 Å². The lowest BCUT2D eigenvalue weighted by atomic mass is 9.80. The predicted octanol–water partition coefficient (Wildman–Crippen LogP) is 3.29. The molecule has 1 unspecified atom stereocenters. The Kier molecular flexibility index (Phi) is 2.93. The van der Waals surface area contributed by atoms with Crippen LogP contribution < -0.4 is 5.32 Å². The van der Waals surface area contributed by atoms with Crippen molar-refractivity contribution in [3.63, 3.8) is 0 Å². The van der Waals surface area contributed by atoms with E-state index in [0.29, 0.717) is 11.9 Å². The summed E-state index contributed by atoms with van der Waals surface area (Å²) in [6.07, 6.45) is 6.88. The SMILES string of the molecule is CC1CC(N2C(=O)C3(CCCC3)NC2c2cccs2)C1. The molecule has 1 atom stereocenters. The highest BCUT2D eigenvalue weighted by molar-refractivity contribution is 7.10. The first-order valence-electron chi connectivity index (χ1n) is 7.83. The van der Waals surface area contributed by atoms with Gasteiger partial charge < -0.3 is 4.90 Å². The lowest BCUT2D eigenvalue weighted by Gasteiger charge is -2.42. The molecular weight excluding hydrogens is 268 g/mol. The van der Waals surface area contributed by atoms with Gasteiger partial charge >= 0.3 is 0 Å². The molecule has 1 aromatic heterocycles. The summed E-state index contributed by atoms with van der Waals surface area (Å²) in [7, 11) is 0. The number of rotatable bonds is 2. The van der Waals surface area contributed by atoms with Crippen LogP contribution in [0.15, 0.2) is 17.5 Å². The zero-order valence-electron chi connectivity index (χ0n) is 12.0. The minimum absolute atomic E-state index is 0.123. The minimum atomic E-state index is -0.243. The van der Waals surface area contributed by atoms with E-state index in [1.165, 1.54) is 30.6 Å². The van der Waals surface area contributed by atoms with Gasteiger partial charge in [-0.05, 0) is 43.0 Å². The Labute approximate surface area is 124 Å². The van der Waals surface area contributed by atoms with Crippen molar-refractivity contribution >= 4 is 17.2 Å². The summed E-state index contributed by atoms with van der Waals surface area (Å²) in [6, 6.07) is 4.71. The Morgan fingerprint density at radius 3 is 2.70 bits per heavy atom. The van der Waals surface area contributed by atoms with E-state index in [2.05, 4.69) is 34.7 Å². The third kappa shape index (κ3) is 1.77. The van der Waals surface area contributed by atoms with Crippen LogP contribution in [0.5, 0.6) is 0 Å². The number of nitrogens with zero attached hydrogens (tertiary/aromatic N) is 1. The number of thiophene rings is 1. The molecule has 20 heavy (non-hydrogen) atoms. The highest BCUT2D eigenvalue weighted by Crippen LogP contribution is 2.46. The Balaban J connectivity index is 1.67. The molecule has 3 nitrogen and oxygen atoms in total. The van der Waals surface area contributed by atoms with E-state index in [4.69, 9.17) is 0 Å². The fraction of sp³-hybridized carbons (Fsp3) is 0.688. The molecule has 3 fully saturated rings. The van der Waals surface area contributed by atoms with Gasteiger partial charge in [0.1, 0.15) is 6.17 Å². The zero-order chi connectivity index (χ0) is 13.7. The quantitative estimate of drug-likeness (QED) is 0.906. The molecular formula is C16H22N2OS. The maximum atomic E-state index is 13.0. The van der Waals surface area contributed by atoms with Crippen LogP contribution in [0.3, 0.4) is 0 Å². The second kappa shape index (κ2) is 4.57. The van der Waals surface area contributed by atoms with E-state index < -0.39 is 0 Å². The Hall–Kier alpha value is -0.870. The second-order valence-corrected chi connectivity index (χ2v) is 7.77. The van der Waals surface area contributed by atoms with E-state index in [-0.39, 0.29) is 11.7 Å². The fourth-order valence-electron chi connectivity index (χ4n) is 4.21. The minimum Gasteiger partial charge on any atom is -0.317 e. The van der Waals surface area contributed by atoms with Crippen molar-refractivity contribution in [3.05, 3.63) is 22.4 Å². The van der Waals surface area contributed by atoms with Crippen molar-refractivity contribution < 1.29 is 4.79 Å². The Morgan fingerprint density at radius 2 is 2.10 bits per heavy atom. The number of amides is 1. The van der Waals surface area contributed by atoms with Crippen molar-refractivity contribution in [3.8, 4) is 0 Å². The van der Waals surface area contributed by atoms with Crippen LogP contribution in [0.2, 0.25) is 0 Å². The van der Waals surface area contributed by atoms with E-state index in [9.17, 15) is 4.79 Å². The Morgan fingerprint density at radius 1 is 1.35 bits per heavy atom. The number of nitrogens with one attached hydrogen (secondary N) is 1. The molecule has 108 valence electrons. The molecule has 4 heteroatoms. The van der Waals surface area contributed by atoms with Crippen molar-refractivity contribution in [2.24, 2.45) is 5.92 Å². The molecule has 1 N–H and O–H groups in total. The van der Waals surface area contributed by atoms with Gasteiger partial charge in [-0.1, -0.05) is 25.8 Å². The van der Waals surface area contributed by atoms with E-state index in [0.717, 1.165) is 18.8 Å². The largest absolute Gasteiger partial charge is 0.317 e. The van der Waals surface area contributed by atoms with Crippen LogP contribution >= 0.6 is 11.3 Å². The summed E-state index contributed by atoms with van der Waals surface area (Å²) in [5.41, 5.74) is -0.243. The molecule has 1 spiro atoms. The number of carbonyl (C=O) groups excluding carboxylic acids is 1. The van der Waals surface area contributed by atoms with Gasteiger partial charge in [0.25, 0.3) is 0 Å². The average Bonchev–Trinajstić information content (AvgIpc) is 3.11. The number of hydrogen-bond donors (Lipinski definition) is 1. The van der Waals surface area contributed by atoms with Gasteiger partial charge in [-0.3, -0.25) is 10.1 Å². The van der Waals surface area contributed by atoms with Gasteiger partial charge in [-0.2, -0.15) is 0 Å². The summed E-state index contributed by atoms with van der Waals surface area (Å²) in [5.74, 6) is 1.15. The maximum absolute atomic E-state index is 13.0. The highest BCUT2D eigenvalue weighted by atomic mass is 32.1. The third-order valence-corrected chi connectivity index (χ3v) is 6.27. The van der Waals surface area contributed by atoms with E-state index in [1.54, 1.807) is 11.3 Å². The van der Waals surface area contributed by atoms with Crippen molar-refractivity contribution in [2.75, 3.05) is 0 Å². The monoisotopic (exact) mass is 290 g/mol. The predicted molar refractivity (Wildman–Crippen MR) is 80.4 cm³/mol. The maximum Gasteiger partial charge on any atom is 0.244 e. The van der Waals surface area contributed by atoms with Crippen LogP contribution in [0.1, 0.15) is 56.5 Å². The van der Waals surface area contributed by atoms with Crippen LogP contribution in [0.25, 0.3) is 0 Å². The van der Waals surface area contributed by atoms with Gasteiger partial charge in [-0.25, -0.2) is 0 Å². The summed E-state index contributed by atoms with van der Waals surface area (Å²) in [4.78, 5) is 16.5. The molecule has 0 radical (unpaired) electrons. The van der Waals surface area contributed by atoms with Gasteiger partial charge in [-0.15, -0.1) is 11.3 Å². The van der Waals surface area contributed by atoms with Crippen LogP contribution in [0, 0.1) is 5.92 Å². The molecule has 0 bridgehead atoms. The zero-order valence-corrected chi connectivity index (χ0v) is 12.8. The average molecular weight is 290 g/mol. The molecule has 2 saturated carbocycles. The highest BCUT2D eigenvalue weighted by Gasteiger charge is 2.55. The first kappa shape index (κ1) is 12.8. The number of carbonyl (C=O) groups is 1. The fourth-order valence-corrected chi connectivity index (χ4v) is 4.99. The molecule has 2 aliphatic carbocycles. The molecule has 3 aliphatic rings. The molecule has 1 aromatic rings. The van der Waals surface area contributed by atoms with Crippen LogP contribution in [-0.4, -0.2) is 22.4 Å². The normalized spacial score (nSPS) is 35.8. The summed E-state index contributed by atoms with van der Waals surface area (Å²) < 4.78 is 0. The smallest absolute Gasteiger partial charge is 0.244 e. The first-order valence-corrected chi connectivity index (χ1v) is 8.71. The Bertz CT molecular complexity index is 501. The van der Waals surface area contributed by atoms with E-state index >= 15 is 0 Å². The lowest BCUT2D eigenvalue weighted by Crippen LogP contribution is -2.49. The molecule has 1 amide bonds. The topological polar surface area (TPSA) is 32.3 Å². The standard InChI is InChI=1S/C16H22N2OS/c1-11-9-12(10-11)18-14(13-5-4-8-20-13)17-16(15(18)19)6-2-3-7-16/h4-5,8,11-12,14,17H,2-3,6-7,9-10H2,1H3. The lowest BCUT2D eigenvalue weighted by molar-refractivity contribution is -0.138. The van der Waals surface area contributed by atoms with Gasteiger partial charge in [0, 0.05) is 10.9 Å². The molecule has 0 aromatic carbocycles. The van der Waals surface area contributed by atoms with Crippen LogP contribution in [-0.2, 0) is 4.79 Å². The second-order valence-electron chi connectivity index (χ2n) is 6.79. The summed E-state index contributed by atoms with van der Waals surface area (Å²) in [5, 5.41) is 5.83. The van der Waals surface area contributed by atoms with Crippen molar-refractivity contribution in [1.29, 1.82) is 0 Å². The summed E-state index contributed by atoms with van der Waals surface area (Å²) in [6.45, 7) is 2.29. The molecule has 4 rings (SSSR count).